The maximum Gasteiger partial charge on any atom is 0.338 e. The number of benzene rings is 1. The van der Waals surface area contributed by atoms with Gasteiger partial charge in [0, 0.05) is 18.8 Å². The van der Waals surface area contributed by atoms with Crippen LogP contribution in [0, 0.1) is 0 Å². The highest BCUT2D eigenvalue weighted by Gasteiger charge is 2.24. The molecule has 0 radical (unpaired) electrons. The predicted octanol–water partition coefficient (Wildman–Crippen LogP) is 2.22. The number of carbonyl (C=O) groups excluding carboxylic acids is 2. The minimum atomic E-state index is -0.767. The van der Waals surface area contributed by atoms with Crippen LogP contribution in [0.4, 0.5) is 5.69 Å². The number of nitrogens with zero attached hydrogens (tertiary/aromatic N) is 1. The number of likely N-dealkylation sites (tertiary alicyclic amines) is 1. The van der Waals surface area contributed by atoms with Gasteiger partial charge < -0.3 is 15.4 Å². The zero-order valence-electron chi connectivity index (χ0n) is 12.4. The average molecular weight is 290 g/mol. The number of hydrogen-bond acceptors (Lipinski definition) is 4. The fraction of sp³-hybridized carbons (Fsp3) is 0.500. The Kier molecular flexibility index (Phi) is 5.20. The first-order valence-corrected chi connectivity index (χ1v) is 7.43. The van der Waals surface area contributed by atoms with Crippen LogP contribution in [0.2, 0.25) is 0 Å². The second-order valence-corrected chi connectivity index (χ2v) is 5.41. The summed E-state index contributed by atoms with van der Waals surface area (Å²) in [4.78, 5) is 26.1. The molecule has 1 aliphatic heterocycles. The van der Waals surface area contributed by atoms with Crippen molar-refractivity contribution in [3.8, 4) is 0 Å². The predicted molar refractivity (Wildman–Crippen MR) is 80.8 cm³/mol. The Morgan fingerprint density at radius 1 is 1.19 bits per heavy atom. The van der Waals surface area contributed by atoms with Crippen LogP contribution < -0.4 is 5.73 Å². The summed E-state index contributed by atoms with van der Waals surface area (Å²) >= 11 is 0. The van der Waals surface area contributed by atoms with Gasteiger partial charge in [0.05, 0.1) is 5.56 Å². The summed E-state index contributed by atoms with van der Waals surface area (Å²) in [5, 5.41) is 0. The lowest BCUT2D eigenvalue weighted by Gasteiger charge is -2.24. The number of nitrogen functional groups attached to an aromatic ring is 1. The lowest BCUT2D eigenvalue weighted by Crippen LogP contribution is -2.40. The summed E-state index contributed by atoms with van der Waals surface area (Å²) < 4.78 is 5.26. The number of anilines is 1. The third-order valence-corrected chi connectivity index (χ3v) is 3.67. The Morgan fingerprint density at radius 3 is 2.48 bits per heavy atom. The Labute approximate surface area is 125 Å². The molecule has 1 amide bonds. The van der Waals surface area contributed by atoms with Gasteiger partial charge in [-0.05, 0) is 38.0 Å². The molecule has 2 N–H and O–H groups in total. The topological polar surface area (TPSA) is 72.6 Å². The van der Waals surface area contributed by atoms with E-state index < -0.39 is 12.1 Å². The normalized spacial score (nSPS) is 16.9. The van der Waals surface area contributed by atoms with Crippen LogP contribution in [0.1, 0.15) is 43.0 Å². The monoisotopic (exact) mass is 290 g/mol. The fourth-order valence-corrected chi connectivity index (χ4v) is 2.49. The van der Waals surface area contributed by atoms with Crippen LogP contribution in [0.15, 0.2) is 24.3 Å². The van der Waals surface area contributed by atoms with Crippen molar-refractivity contribution in [2.24, 2.45) is 0 Å². The summed E-state index contributed by atoms with van der Waals surface area (Å²) in [6.07, 6.45) is 3.57. The molecule has 1 aromatic rings. The van der Waals surface area contributed by atoms with E-state index in [9.17, 15) is 9.59 Å². The number of nitrogens with two attached hydrogens (primary N) is 1. The Morgan fingerprint density at radius 2 is 1.86 bits per heavy atom. The van der Waals surface area contributed by atoms with Gasteiger partial charge in [-0.25, -0.2) is 4.79 Å². The van der Waals surface area contributed by atoms with E-state index in [1.54, 1.807) is 36.1 Å². The summed E-state index contributed by atoms with van der Waals surface area (Å²) in [6.45, 7) is 3.12. The van der Waals surface area contributed by atoms with Crippen LogP contribution in [-0.2, 0) is 9.53 Å². The highest BCUT2D eigenvalue weighted by atomic mass is 16.5. The van der Waals surface area contributed by atoms with Gasteiger partial charge in [0.15, 0.2) is 6.10 Å². The van der Waals surface area contributed by atoms with Crippen molar-refractivity contribution < 1.29 is 14.3 Å². The SMILES string of the molecule is CC(OC(=O)c1cccc(N)c1)C(=O)N1CCCCCC1. The Bertz CT molecular complexity index is 508. The molecule has 0 aliphatic carbocycles. The van der Waals surface area contributed by atoms with Crippen molar-refractivity contribution in [1.82, 2.24) is 4.90 Å². The molecule has 1 aliphatic rings. The first-order valence-electron chi connectivity index (χ1n) is 7.43. The molecule has 0 aromatic heterocycles. The Balaban J connectivity index is 1.95. The van der Waals surface area contributed by atoms with E-state index in [1.165, 1.54) is 0 Å². The molecule has 1 aromatic carbocycles. The van der Waals surface area contributed by atoms with E-state index >= 15 is 0 Å². The van der Waals surface area contributed by atoms with Gasteiger partial charge >= 0.3 is 5.97 Å². The molecule has 0 saturated carbocycles. The number of amides is 1. The van der Waals surface area contributed by atoms with Gasteiger partial charge in [0.2, 0.25) is 0 Å². The molecular formula is C16H22N2O3. The van der Waals surface area contributed by atoms with Crippen LogP contribution in [0.25, 0.3) is 0 Å². The van der Waals surface area contributed by atoms with E-state index in [4.69, 9.17) is 10.5 Å². The van der Waals surface area contributed by atoms with Gasteiger partial charge in [-0.3, -0.25) is 4.79 Å². The van der Waals surface area contributed by atoms with Crippen molar-refractivity contribution in [1.29, 1.82) is 0 Å². The van der Waals surface area contributed by atoms with E-state index in [1.807, 2.05) is 0 Å². The maximum absolute atomic E-state index is 12.3. The number of hydrogen-bond donors (Lipinski definition) is 1. The van der Waals surface area contributed by atoms with Crippen LogP contribution >= 0.6 is 0 Å². The smallest absolute Gasteiger partial charge is 0.338 e. The lowest BCUT2D eigenvalue weighted by molar-refractivity contribution is -0.139. The van der Waals surface area contributed by atoms with Crippen LogP contribution in [0.5, 0.6) is 0 Å². The summed E-state index contributed by atoms with van der Waals surface area (Å²) in [5.74, 6) is -0.632. The zero-order chi connectivity index (χ0) is 15.2. The number of carbonyl (C=O) groups is 2. The second-order valence-electron chi connectivity index (χ2n) is 5.41. The standard InChI is InChI=1S/C16H22N2O3/c1-12(15(19)18-9-4-2-3-5-10-18)21-16(20)13-7-6-8-14(17)11-13/h6-8,11-12H,2-5,9-10,17H2,1H3. The molecule has 1 heterocycles. The third-order valence-electron chi connectivity index (χ3n) is 3.67. The first-order chi connectivity index (χ1) is 10.1. The summed E-state index contributed by atoms with van der Waals surface area (Å²) in [5.41, 5.74) is 6.50. The molecule has 2 rings (SSSR count). The largest absolute Gasteiger partial charge is 0.449 e. The first kappa shape index (κ1) is 15.4. The van der Waals surface area contributed by atoms with E-state index in [2.05, 4.69) is 0 Å². The quantitative estimate of drug-likeness (QED) is 0.684. The third kappa shape index (κ3) is 4.21. The van der Waals surface area contributed by atoms with Crippen molar-refractivity contribution >= 4 is 17.6 Å². The van der Waals surface area contributed by atoms with Crippen molar-refractivity contribution in [3.63, 3.8) is 0 Å². The number of esters is 1. The van der Waals surface area contributed by atoms with Gasteiger partial charge in [-0.2, -0.15) is 0 Å². The molecule has 114 valence electrons. The number of rotatable bonds is 3. The average Bonchev–Trinajstić information content (AvgIpc) is 2.75. The molecular weight excluding hydrogens is 268 g/mol. The molecule has 21 heavy (non-hydrogen) atoms. The zero-order valence-corrected chi connectivity index (χ0v) is 12.4. The van der Waals surface area contributed by atoms with Crippen molar-refractivity contribution in [2.45, 2.75) is 38.7 Å². The Hall–Kier alpha value is -2.04. The van der Waals surface area contributed by atoms with Gasteiger partial charge in [0.25, 0.3) is 5.91 Å². The molecule has 1 unspecified atom stereocenters. The van der Waals surface area contributed by atoms with Crippen molar-refractivity contribution in [3.05, 3.63) is 29.8 Å². The molecule has 1 saturated heterocycles. The van der Waals surface area contributed by atoms with Crippen molar-refractivity contribution in [2.75, 3.05) is 18.8 Å². The van der Waals surface area contributed by atoms with E-state index in [-0.39, 0.29) is 5.91 Å². The van der Waals surface area contributed by atoms with Crippen LogP contribution in [-0.4, -0.2) is 36.0 Å². The second kappa shape index (κ2) is 7.11. The van der Waals surface area contributed by atoms with E-state index in [0.717, 1.165) is 38.8 Å². The van der Waals surface area contributed by atoms with Gasteiger partial charge in [-0.1, -0.05) is 18.9 Å². The van der Waals surface area contributed by atoms with Gasteiger partial charge in [-0.15, -0.1) is 0 Å². The molecule has 0 bridgehead atoms. The van der Waals surface area contributed by atoms with Gasteiger partial charge in [0.1, 0.15) is 0 Å². The molecule has 5 nitrogen and oxygen atoms in total. The fourth-order valence-electron chi connectivity index (χ4n) is 2.49. The van der Waals surface area contributed by atoms with Crippen LogP contribution in [0.3, 0.4) is 0 Å². The highest BCUT2D eigenvalue weighted by molar-refractivity contribution is 5.92. The summed E-state index contributed by atoms with van der Waals surface area (Å²) in [7, 11) is 0. The van der Waals surface area contributed by atoms with E-state index in [0.29, 0.717) is 11.3 Å². The molecule has 5 heteroatoms. The minimum absolute atomic E-state index is 0.117. The minimum Gasteiger partial charge on any atom is -0.449 e. The number of ether oxygens (including phenoxy) is 1. The maximum atomic E-state index is 12.3. The highest BCUT2D eigenvalue weighted by Crippen LogP contribution is 2.13. The molecule has 1 fully saturated rings. The molecule has 1 atom stereocenters. The summed E-state index contributed by atoms with van der Waals surface area (Å²) in [6, 6.07) is 6.56. The lowest BCUT2D eigenvalue weighted by atomic mass is 10.2. The molecule has 0 spiro atoms.